The Kier molecular flexibility index (Phi) is 5.61. The predicted molar refractivity (Wildman–Crippen MR) is 105 cm³/mol. The summed E-state index contributed by atoms with van der Waals surface area (Å²) >= 11 is 0. The molecule has 0 aliphatic rings. The number of aldehydes is 1. The largest absolute Gasteiger partial charge is 0.481 e. The maximum absolute atomic E-state index is 11.4. The number of benzene rings is 2. The molecule has 3 aromatic rings. The van der Waals surface area contributed by atoms with Gasteiger partial charge in [0.25, 0.3) is 0 Å². The first-order chi connectivity index (χ1) is 13.1. The van der Waals surface area contributed by atoms with Crippen LogP contribution in [-0.2, 0) is 11.3 Å². The Bertz CT molecular complexity index is 955. The van der Waals surface area contributed by atoms with E-state index in [0.717, 1.165) is 34.2 Å². The fourth-order valence-corrected chi connectivity index (χ4v) is 2.89. The van der Waals surface area contributed by atoms with E-state index in [1.807, 2.05) is 48.5 Å². The number of nitrogens with one attached hydrogen (secondary N) is 1. The van der Waals surface area contributed by atoms with E-state index >= 15 is 0 Å². The van der Waals surface area contributed by atoms with Crippen molar-refractivity contribution >= 4 is 17.9 Å². The number of carbonyl (C=O) groups is 2. The molecule has 27 heavy (non-hydrogen) atoms. The second kappa shape index (κ2) is 8.27. The van der Waals surface area contributed by atoms with Crippen molar-refractivity contribution in [3.8, 4) is 11.1 Å². The zero-order valence-corrected chi connectivity index (χ0v) is 14.9. The molecule has 0 aliphatic carbocycles. The van der Waals surface area contributed by atoms with Crippen LogP contribution in [-0.4, -0.2) is 22.3 Å². The number of nitrogens with zero attached hydrogens (tertiary/aromatic N) is 1. The molecule has 1 atom stereocenters. The zero-order chi connectivity index (χ0) is 19.2. The van der Waals surface area contributed by atoms with Crippen molar-refractivity contribution in [3.63, 3.8) is 0 Å². The highest BCUT2D eigenvalue weighted by molar-refractivity contribution is 5.82. The van der Waals surface area contributed by atoms with Gasteiger partial charge in [-0.3, -0.25) is 14.6 Å². The third-order valence-electron chi connectivity index (χ3n) is 4.54. The summed E-state index contributed by atoms with van der Waals surface area (Å²) in [6, 6.07) is 16.7. The maximum atomic E-state index is 11.4. The minimum absolute atomic E-state index is 0.482. The Hall–Kier alpha value is -3.47. The number of carboxylic acids is 1. The Labute approximate surface area is 157 Å². The standard InChI is InChI=1S/C22H20N2O3/c1-15(22(26)27)16-8-9-21(20(11-16)18-7-4-10-23-12-18)24-13-17-5-2-3-6-19(17)14-25/h2-12,14-15,24H,13H2,1H3,(H,26,27). The number of aromatic nitrogens is 1. The molecular weight excluding hydrogens is 340 g/mol. The van der Waals surface area contributed by atoms with Gasteiger partial charge in [0.1, 0.15) is 6.29 Å². The van der Waals surface area contributed by atoms with E-state index in [0.29, 0.717) is 12.1 Å². The lowest BCUT2D eigenvalue weighted by atomic mass is 9.95. The first-order valence-electron chi connectivity index (χ1n) is 8.64. The second-order valence-corrected chi connectivity index (χ2v) is 6.28. The molecule has 0 fully saturated rings. The minimum atomic E-state index is -0.868. The summed E-state index contributed by atoms with van der Waals surface area (Å²) in [6.07, 6.45) is 4.28. The molecule has 136 valence electrons. The molecule has 0 aliphatic heterocycles. The third kappa shape index (κ3) is 4.20. The molecule has 2 N–H and O–H groups in total. The predicted octanol–water partition coefficient (Wildman–Crippen LogP) is 4.36. The van der Waals surface area contributed by atoms with Crippen LogP contribution in [0.2, 0.25) is 0 Å². The van der Waals surface area contributed by atoms with E-state index in [4.69, 9.17) is 0 Å². The Morgan fingerprint density at radius 1 is 1.19 bits per heavy atom. The van der Waals surface area contributed by atoms with Gasteiger partial charge in [-0.15, -0.1) is 0 Å². The monoisotopic (exact) mass is 360 g/mol. The van der Waals surface area contributed by atoms with Gasteiger partial charge in [0.05, 0.1) is 5.92 Å². The molecule has 0 radical (unpaired) electrons. The molecule has 0 saturated heterocycles. The van der Waals surface area contributed by atoms with Crippen LogP contribution in [0.25, 0.3) is 11.1 Å². The van der Waals surface area contributed by atoms with Crippen LogP contribution in [0.3, 0.4) is 0 Å². The third-order valence-corrected chi connectivity index (χ3v) is 4.54. The van der Waals surface area contributed by atoms with E-state index in [2.05, 4.69) is 10.3 Å². The number of carboxylic acid groups (broad SMARTS) is 1. The molecule has 1 unspecified atom stereocenters. The van der Waals surface area contributed by atoms with Crippen LogP contribution in [0.1, 0.15) is 34.3 Å². The molecule has 5 heteroatoms. The highest BCUT2D eigenvalue weighted by Crippen LogP contribution is 2.31. The molecule has 5 nitrogen and oxygen atoms in total. The normalized spacial score (nSPS) is 11.6. The van der Waals surface area contributed by atoms with Gasteiger partial charge >= 0.3 is 5.97 Å². The van der Waals surface area contributed by atoms with E-state index < -0.39 is 11.9 Å². The van der Waals surface area contributed by atoms with Gasteiger partial charge < -0.3 is 10.4 Å². The molecule has 1 aromatic heterocycles. The summed E-state index contributed by atoms with van der Waals surface area (Å²) in [7, 11) is 0. The number of pyridine rings is 1. The molecular formula is C22H20N2O3. The zero-order valence-electron chi connectivity index (χ0n) is 14.9. The summed E-state index contributed by atoms with van der Waals surface area (Å²) in [5.74, 6) is -1.47. The maximum Gasteiger partial charge on any atom is 0.310 e. The summed E-state index contributed by atoms with van der Waals surface area (Å²) in [5, 5.41) is 12.7. The molecule has 3 rings (SSSR count). The first kappa shape index (κ1) is 18.3. The average Bonchev–Trinajstić information content (AvgIpc) is 2.72. The number of hydrogen-bond acceptors (Lipinski definition) is 4. The number of rotatable bonds is 7. The van der Waals surface area contributed by atoms with E-state index in [1.165, 1.54) is 0 Å². The summed E-state index contributed by atoms with van der Waals surface area (Å²) < 4.78 is 0. The van der Waals surface area contributed by atoms with Gasteiger partial charge in [-0.2, -0.15) is 0 Å². The van der Waals surface area contributed by atoms with Crippen LogP contribution in [0.5, 0.6) is 0 Å². The smallest absolute Gasteiger partial charge is 0.310 e. The van der Waals surface area contributed by atoms with Gasteiger partial charge in [0.2, 0.25) is 0 Å². The molecule has 2 aromatic carbocycles. The topological polar surface area (TPSA) is 79.3 Å². The van der Waals surface area contributed by atoms with Crippen molar-refractivity contribution in [2.45, 2.75) is 19.4 Å². The van der Waals surface area contributed by atoms with Crippen LogP contribution in [0.4, 0.5) is 5.69 Å². The molecule has 0 spiro atoms. The van der Waals surface area contributed by atoms with Crippen molar-refractivity contribution in [2.75, 3.05) is 5.32 Å². The highest BCUT2D eigenvalue weighted by Gasteiger charge is 2.16. The molecule has 1 heterocycles. The van der Waals surface area contributed by atoms with Gasteiger partial charge in [0, 0.05) is 41.3 Å². The Balaban J connectivity index is 1.96. The van der Waals surface area contributed by atoms with Crippen LogP contribution >= 0.6 is 0 Å². The molecule has 0 bridgehead atoms. The van der Waals surface area contributed by atoms with Crippen LogP contribution < -0.4 is 5.32 Å². The van der Waals surface area contributed by atoms with E-state index in [9.17, 15) is 14.7 Å². The van der Waals surface area contributed by atoms with Gasteiger partial charge in [-0.05, 0) is 36.2 Å². The minimum Gasteiger partial charge on any atom is -0.481 e. The second-order valence-electron chi connectivity index (χ2n) is 6.28. The number of hydrogen-bond donors (Lipinski definition) is 2. The lowest BCUT2D eigenvalue weighted by Crippen LogP contribution is -2.09. The number of aliphatic carboxylic acids is 1. The fraction of sp³-hybridized carbons (Fsp3) is 0.136. The fourth-order valence-electron chi connectivity index (χ4n) is 2.89. The summed E-state index contributed by atoms with van der Waals surface area (Å²) in [6.45, 7) is 2.15. The molecule has 0 saturated carbocycles. The quantitative estimate of drug-likeness (QED) is 0.612. The number of carbonyl (C=O) groups excluding carboxylic acids is 1. The van der Waals surface area contributed by atoms with Crippen molar-refractivity contribution in [2.24, 2.45) is 0 Å². The number of anilines is 1. The van der Waals surface area contributed by atoms with Crippen molar-refractivity contribution in [1.29, 1.82) is 0 Å². The van der Waals surface area contributed by atoms with Crippen molar-refractivity contribution in [1.82, 2.24) is 4.98 Å². The Morgan fingerprint density at radius 2 is 2.00 bits per heavy atom. The van der Waals surface area contributed by atoms with Gasteiger partial charge in [-0.25, -0.2) is 0 Å². The lowest BCUT2D eigenvalue weighted by Gasteiger charge is -2.16. The summed E-state index contributed by atoms with van der Waals surface area (Å²) in [4.78, 5) is 26.7. The van der Waals surface area contributed by atoms with Crippen LogP contribution in [0.15, 0.2) is 67.0 Å². The van der Waals surface area contributed by atoms with Crippen LogP contribution in [0, 0.1) is 0 Å². The lowest BCUT2D eigenvalue weighted by molar-refractivity contribution is -0.138. The van der Waals surface area contributed by atoms with Gasteiger partial charge in [0.15, 0.2) is 0 Å². The van der Waals surface area contributed by atoms with Gasteiger partial charge in [-0.1, -0.05) is 36.4 Å². The highest BCUT2D eigenvalue weighted by atomic mass is 16.4. The first-order valence-corrected chi connectivity index (χ1v) is 8.64. The van der Waals surface area contributed by atoms with E-state index in [-0.39, 0.29) is 0 Å². The van der Waals surface area contributed by atoms with E-state index in [1.54, 1.807) is 25.4 Å². The SMILES string of the molecule is CC(C(=O)O)c1ccc(NCc2ccccc2C=O)c(-c2cccnc2)c1. The van der Waals surface area contributed by atoms with Crippen molar-refractivity contribution < 1.29 is 14.7 Å². The summed E-state index contributed by atoms with van der Waals surface area (Å²) in [5.41, 5.74) is 4.88. The molecule has 0 amide bonds. The Morgan fingerprint density at radius 3 is 2.70 bits per heavy atom. The van der Waals surface area contributed by atoms with Crippen molar-refractivity contribution in [3.05, 3.63) is 83.7 Å². The average molecular weight is 360 g/mol.